The summed E-state index contributed by atoms with van der Waals surface area (Å²) in [5.41, 5.74) is 2.62. The van der Waals surface area contributed by atoms with Crippen molar-refractivity contribution in [3.63, 3.8) is 0 Å². The molecular weight excluding hydrogens is 281 g/mol. The summed E-state index contributed by atoms with van der Waals surface area (Å²) in [6.07, 6.45) is 4.41. The molecule has 4 nitrogen and oxygen atoms in total. The van der Waals surface area contributed by atoms with Gasteiger partial charge in [0.2, 0.25) is 0 Å². The highest BCUT2D eigenvalue weighted by Crippen LogP contribution is 2.48. The molecule has 1 aliphatic carbocycles. The van der Waals surface area contributed by atoms with Gasteiger partial charge >= 0.3 is 0 Å². The number of aliphatic hydroxyl groups excluding tert-OH is 1. The molecule has 0 radical (unpaired) electrons. The van der Waals surface area contributed by atoms with Crippen LogP contribution in [0, 0.1) is 29.5 Å². The lowest BCUT2D eigenvalue weighted by Crippen LogP contribution is -2.17. The molecule has 0 spiro atoms. The van der Waals surface area contributed by atoms with E-state index in [1.165, 1.54) is 18.3 Å². The minimum absolute atomic E-state index is 0.111. The molecule has 5 heteroatoms. The van der Waals surface area contributed by atoms with Crippen LogP contribution < -0.4 is 5.32 Å². The van der Waals surface area contributed by atoms with E-state index < -0.39 is 0 Å². The Kier molecular flexibility index (Phi) is 3.71. The normalized spacial score (nSPS) is 15.5. The number of hydrogen-bond donors (Lipinski definition) is 2. The average molecular weight is 299 g/mol. The number of halogens is 1. The van der Waals surface area contributed by atoms with Gasteiger partial charge in [-0.1, -0.05) is 0 Å². The second-order valence-corrected chi connectivity index (χ2v) is 6.10. The smallest absolute Gasteiger partial charge is 0.124 e. The molecule has 0 bridgehead atoms. The number of benzene rings is 1. The van der Waals surface area contributed by atoms with E-state index in [9.17, 15) is 9.65 Å². The van der Waals surface area contributed by atoms with Crippen LogP contribution in [0.25, 0.3) is 10.9 Å². The fourth-order valence-corrected chi connectivity index (χ4v) is 2.92. The van der Waals surface area contributed by atoms with Crippen LogP contribution >= 0.6 is 0 Å². The molecule has 1 fully saturated rings. The van der Waals surface area contributed by atoms with Crippen LogP contribution in [0.15, 0.2) is 18.3 Å². The maximum Gasteiger partial charge on any atom is 0.124 e. The standard InChI is InChI=1S/C17H18FN3O/c1-11-6-13(18)7-14-15(11)20-9-12(8-19)16(14)21-10-17(2-3-17)4-5-22/h6-7,9,22H,2-5,10H2,1H3,(H,20,21). The molecule has 3 rings (SSSR count). The summed E-state index contributed by atoms with van der Waals surface area (Å²) in [6.45, 7) is 2.65. The van der Waals surface area contributed by atoms with E-state index >= 15 is 0 Å². The van der Waals surface area contributed by atoms with Crippen LogP contribution in [0.1, 0.15) is 30.4 Å². The van der Waals surface area contributed by atoms with E-state index in [4.69, 9.17) is 5.11 Å². The molecule has 22 heavy (non-hydrogen) atoms. The third-order valence-electron chi connectivity index (χ3n) is 4.49. The fraction of sp³-hybridized carbons (Fsp3) is 0.412. The first kappa shape index (κ1) is 14.7. The first-order valence-electron chi connectivity index (χ1n) is 7.42. The van der Waals surface area contributed by atoms with Crippen LogP contribution in [-0.2, 0) is 0 Å². The van der Waals surface area contributed by atoms with Crippen molar-refractivity contribution in [2.24, 2.45) is 5.41 Å². The number of aliphatic hydroxyl groups is 1. The highest BCUT2D eigenvalue weighted by atomic mass is 19.1. The summed E-state index contributed by atoms with van der Waals surface area (Å²) < 4.78 is 13.7. The number of rotatable bonds is 5. The third kappa shape index (κ3) is 2.62. The van der Waals surface area contributed by atoms with E-state index in [2.05, 4.69) is 16.4 Å². The Morgan fingerprint density at radius 3 is 2.86 bits per heavy atom. The van der Waals surface area contributed by atoms with Gasteiger partial charge in [-0.3, -0.25) is 4.98 Å². The van der Waals surface area contributed by atoms with Gasteiger partial charge in [-0.25, -0.2) is 4.39 Å². The fourth-order valence-electron chi connectivity index (χ4n) is 2.92. The van der Waals surface area contributed by atoms with E-state index in [1.807, 2.05) is 6.92 Å². The molecule has 1 aromatic carbocycles. The average Bonchev–Trinajstić information content (AvgIpc) is 3.25. The molecule has 114 valence electrons. The zero-order valence-corrected chi connectivity index (χ0v) is 12.5. The van der Waals surface area contributed by atoms with E-state index in [-0.39, 0.29) is 17.8 Å². The van der Waals surface area contributed by atoms with Gasteiger partial charge in [0.25, 0.3) is 0 Å². The molecule has 1 saturated carbocycles. The van der Waals surface area contributed by atoms with Crippen LogP contribution in [0.3, 0.4) is 0 Å². The summed E-state index contributed by atoms with van der Waals surface area (Å²) in [5, 5.41) is 22.4. The molecular formula is C17H18FN3O. The van der Waals surface area contributed by atoms with Crippen molar-refractivity contribution in [2.45, 2.75) is 26.2 Å². The Morgan fingerprint density at radius 1 is 1.45 bits per heavy atom. The Morgan fingerprint density at radius 2 is 2.23 bits per heavy atom. The first-order valence-corrected chi connectivity index (χ1v) is 7.42. The Hall–Kier alpha value is -2.19. The van der Waals surface area contributed by atoms with Crippen LogP contribution in [0.2, 0.25) is 0 Å². The van der Waals surface area contributed by atoms with E-state index in [0.29, 0.717) is 28.7 Å². The third-order valence-corrected chi connectivity index (χ3v) is 4.49. The van der Waals surface area contributed by atoms with E-state index in [1.54, 1.807) is 0 Å². The van der Waals surface area contributed by atoms with Crippen LogP contribution in [0.4, 0.5) is 10.1 Å². The summed E-state index contributed by atoms with van der Waals surface area (Å²) >= 11 is 0. The number of hydrogen-bond acceptors (Lipinski definition) is 4. The summed E-state index contributed by atoms with van der Waals surface area (Å²) in [7, 11) is 0. The molecule has 2 aromatic rings. The number of nitrogens with zero attached hydrogens (tertiary/aromatic N) is 2. The quantitative estimate of drug-likeness (QED) is 0.890. The zero-order valence-electron chi connectivity index (χ0n) is 12.5. The van der Waals surface area contributed by atoms with Crippen LogP contribution in [0.5, 0.6) is 0 Å². The highest BCUT2D eigenvalue weighted by Gasteiger charge is 2.41. The second-order valence-electron chi connectivity index (χ2n) is 6.10. The summed E-state index contributed by atoms with van der Waals surface area (Å²) in [6, 6.07) is 4.98. The van der Waals surface area contributed by atoms with Crippen molar-refractivity contribution >= 4 is 16.6 Å². The highest BCUT2D eigenvalue weighted by molar-refractivity contribution is 5.95. The van der Waals surface area contributed by atoms with Gasteiger partial charge in [-0.05, 0) is 49.3 Å². The van der Waals surface area contributed by atoms with Gasteiger partial charge in [0.05, 0.1) is 16.8 Å². The van der Waals surface area contributed by atoms with Gasteiger partial charge in [0.15, 0.2) is 0 Å². The number of aryl methyl sites for hydroxylation is 1. The summed E-state index contributed by atoms with van der Waals surface area (Å²) in [5.74, 6) is -0.332. The maximum atomic E-state index is 13.7. The van der Waals surface area contributed by atoms with Crippen molar-refractivity contribution in [2.75, 3.05) is 18.5 Å². The lowest BCUT2D eigenvalue weighted by atomic mass is 10.0. The number of anilines is 1. The van der Waals surface area contributed by atoms with Gasteiger partial charge in [0, 0.05) is 24.7 Å². The van der Waals surface area contributed by atoms with Gasteiger partial charge in [0.1, 0.15) is 11.9 Å². The van der Waals surface area contributed by atoms with Gasteiger partial charge < -0.3 is 10.4 Å². The molecule has 0 saturated heterocycles. The largest absolute Gasteiger partial charge is 0.396 e. The Bertz CT molecular complexity index is 763. The van der Waals surface area contributed by atoms with Crippen molar-refractivity contribution in [3.8, 4) is 6.07 Å². The lowest BCUT2D eigenvalue weighted by molar-refractivity contribution is 0.253. The lowest BCUT2D eigenvalue weighted by Gasteiger charge is -2.18. The van der Waals surface area contributed by atoms with Crippen molar-refractivity contribution < 1.29 is 9.50 Å². The van der Waals surface area contributed by atoms with Gasteiger partial charge in [-0.15, -0.1) is 0 Å². The molecule has 0 amide bonds. The monoisotopic (exact) mass is 299 g/mol. The number of nitriles is 1. The van der Waals surface area contributed by atoms with Gasteiger partial charge in [-0.2, -0.15) is 5.26 Å². The Labute approximate surface area is 128 Å². The molecule has 0 aliphatic heterocycles. The van der Waals surface area contributed by atoms with Crippen molar-refractivity contribution in [3.05, 3.63) is 35.3 Å². The van der Waals surface area contributed by atoms with Crippen molar-refractivity contribution in [1.82, 2.24) is 4.98 Å². The van der Waals surface area contributed by atoms with Crippen LogP contribution in [-0.4, -0.2) is 23.2 Å². The second kappa shape index (κ2) is 5.54. The minimum Gasteiger partial charge on any atom is -0.396 e. The topological polar surface area (TPSA) is 68.9 Å². The molecule has 0 atom stereocenters. The number of fused-ring (bicyclic) bond motifs is 1. The minimum atomic E-state index is -0.332. The molecule has 2 N–H and O–H groups in total. The molecule has 0 unspecified atom stereocenters. The number of pyridine rings is 1. The van der Waals surface area contributed by atoms with E-state index in [0.717, 1.165) is 24.8 Å². The SMILES string of the molecule is Cc1cc(F)cc2c(NCC3(CCO)CC3)c(C#N)cnc12. The molecule has 1 heterocycles. The maximum absolute atomic E-state index is 13.7. The van der Waals surface area contributed by atoms with Crippen molar-refractivity contribution in [1.29, 1.82) is 5.26 Å². The molecule has 1 aliphatic rings. The predicted octanol–water partition coefficient (Wildman–Crippen LogP) is 3.13. The molecule has 1 aromatic heterocycles. The first-order chi connectivity index (χ1) is 10.6. The summed E-state index contributed by atoms with van der Waals surface area (Å²) in [4.78, 5) is 4.28. The zero-order chi connectivity index (χ0) is 15.7. The Balaban J connectivity index is 2.01. The predicted molar refractivity (Wildman–Crippen MR) is 83.0 cm³/mol. The number of nitrogens with one attached hydrogen (secondary N) is 1. The number of aromatic nitrogens is 1.